The number of aryl methyl sites for hydroxylation is 1. The highest BCUT2D eigenvalue weighted by atomic mass is 32.2. The van der Waals surface area contributed by atoms with Crippen LogP contribution in [0.4, 0.5) is 0 Å². The van der Waals surface area contributed by atoms with E-state index >= 15 is 0 Å². The van der Waals surface area contributed by atoms with E-state index < -0.39 is 0 Å². The van der Waals surface area contributed by atoms with Crippen LogP contribution in [-0.2, 0) is 0 Å². The maximum Gasteiger partial charge on any atom is 0.126 e. The van der Waals surface area contributed by atoms with E-state index in [1.54, 1.807) is 18.0 Å². The number of hydrogen-bond donors (Lipinski definition) is 1. The summed E-state index contributed by atoms with van der Waals surface area (Å²) in [6.45, 7) is 4.28. The average Bonchev–Trinajstić information content (AvgIpc) is 3.21. The van der Waals surface area contributed by atoms with Gasteiger partial charge in [-0.05, 0) is 32.0 Å². The molecule has 0 spiro atoms. The minimum Gasteiger partial charge on any atom is -0.317 e. The largest absolute Gasteiger partial charge is 0.317 e. The van der Waals surface area contributed by atoms with Crippen molar-refractivity contribution in [2.75, 3.05) is 0 Å². The predicted molar refractivity (Wildman–Crippen MR) is 99.5 cm³/mol. The highest BCUT2D eigenvalue weighted by molar-refractivity contribution is 8.14. The van der Waals surface area contributed by atoms with Gasteiger partial charge in [0, 0.05) is 28.7 Å². The highest BCUT2D eigenvalue weighted by Crippen LogP contribution is 2.37. The third kappa shape index (κ3) is 2.61. The van der Waals surface area contributed by atoms with Crippen LogP contribution < -0.4 is 5.43 Å². The maximum atomic E-state index is 4.52. The second kappa shape index (κ2) is 6.17. The van der Waals surface area contributed by atoms with Gasteiger partial charge in [-0.3, -0.25) is 10.4 Å². The second-order valence-corrected chi connectivity index (χ2v) is 6.88. The van der Waals surface area contributed by atoms with Gasteiger partial charge in [0.15, 0.2) is 0 Å². The van der Waals surface area contributed by atoms with Crippen LogP contribution in [0.3, 0.4) is 0 Å². The van der Waals surface area contributed by atoms with Crippen LogP contribution in [0.2, 0.25) is 0 Å². The summed E-state index contributed by atoms with van der Waals surface area (Å²) >= 11 is 1.76. The molecule has 0 saturated carbocycles. The molecule has 0 fully saturated rings. The van der Waals surface area contributed by atoms with E-state index in [-0.39, 0.29) is 5.37 Å². The van der Waals surface area contributed by atoms with Crippen molar-refractivity contribution in [1.29, 1.82) is 0 Å². The quantitative estimate of drug-likeness (QED) is 0.781. The van der Waals surface area contributed by atoms with Gasteiger partial charge in [0.1, 0.15) is 10.4 Å². The fourth-order valence-electron chi connectivity index (χ4n) is 3.06. The van der Waals surface area contributed by atoms with E-state index in [1.807, 2.05) is 30.5 Å². The third-order valence-electron chi connectivity index (χ3n) is 4.19. The lowest BCUT2D eigenvalue weighted by molar-refractivity contribution is 0.737. The van der Waals surface area contributed by atoms with Gasteiger partial charge < -0.3 is 4.57 Å². The topological polar surface area (TPSA) is 42.2 Å². The maximum absolute atomic E-state index is 4.52. The summed E-state index contributed by atoms with van der Waals surface area (Å²) in [5.41, 5.74) is 9.19. The summed E-state index contributed by atoms with van der Waals surface area (Å²) in [6, 6.07) is 16.6. The molecule has 24 heavy (non-hydrogen) atoms. The van der Waals surface area contributed by atoms with E-state index in [9.17, 15) is 0 Å². The molecule has 1 aliphatic heterocycles. The fourth-order valence-corrected chi connectivity index (χ4v) is 4.14. The van der Waals surface area contributed by atoms with Crippen molar-refractivity contribution in [1.82, 2.24) is 15.0 Å². The predicted octanol–water partition coefficient (Wildman–Crippen LogP) is 4.19. The van der Waals surface area contributed by atoms with Crippen molar-refractivity contribution in [2.24, 2.45) is 5.10 Å². The molecule has 3 heterocycles. The van der Waals surface area contributed by atoms with Crippen LogP contribution in [0.15, 0.2) is 66.0 Å². The van der Waals surface area contributed by atoms with Crippen molar-refractivity contribution in [3.05, 3.63) is 83.4 Å². The Morgan fingerprint density at radius 1 is 1.08 bits per heavy atom. The van der Waals surface area contributed by atoms with Crippen molar-refractivity contribution >= 4 is 16.8 Å². The van der Waals surface area contributed by atoms with Gasteiger partial charge in [-0.25, -0.2) is 0 Å². The summed E-state index contributed by atoms with van der Waals surface area (Å²) in [5.74, 6) is 0. The Kier molecular flexibility index (Phi) is 3.86. The van der Waals surface area contributed by atoms with Gasteiger partial charge in [-0.15, -0.1) is 0 Å². The zero-order chi connectivity index (χ0) is 16.5. The minimum atomic E-state index is 0.136. The molecule has 0 radical (unpaired) electrons. The first kappa shape index (κ1) is 15.0. The van der Waals surface area contributed by atoms with E-state index in [0.717, 1.165) is 16.3 Å². The molecule has 1 aromatic carbocycles. The Morgan fingerprint density at radius 2 is 1.92 bits per heavy atom. The molecule has 0 bridgehead atoms. The molecule has 1 atom stereocenters. The lowest BCUT2D eigenvalue weighted by Gasteiger charge is -2.12. The SMILES string of the molecule is Cc1cc([C@H]2NN=C(c3ccccc3)S2)c(C)n1-c1cccnc1. The van der Waals surface area contributed by atoms with Crippen LogP contribution in [-0.4, -0.2) is 14.6 Å². The van der Waals surface area contributed by atoms with Crippen molar-refractivity contribution in [3.63, 3.8) is 0 Å². The third-order valence-corrected chi connectivity index (χ3v) is 5.34. The van der Waals surface area contributed by atoms with E-state index in [0.29, 0.717) is 0 Å². The molecule has 3 aromatic rings. The van der Waals surface area contributed by atoms with Crippen molar-refractivity contribution in [3.8, 4) is 5.69 Å². The first-order valence-corrected chi connectivity index (χ1v) is 8.76. The van der Waals surface area contributed by atoms with Gasteiger partial charge in [-0.2, -0.15) is 5.10 Å². The van der Waals surface area contributed by atoms with Crippen LogP contribution in [0.25, 0.3) is 5.69 Å². The monoisotopic (exact) mass is 334 g/mol. The molecule has 0 saturated heterocycles. The molecule has 5 heteroatoms. The summed E-state index contributed by atoms with van der Waals surface area (Å²) < 4.78 is 2.24. The Balaban J connectivity index is 1.63. The summed E-state index contributed by atoms with van der Waals surface area (Å²) in [7, 11) is 0. The lowest BCUT2D eigenvalue weighted by Crippen LogP contribution is -2.08. The van der Waals surface area contributed by atoms with Gasteiger partial charge in [0.05, 0.1) is 11.9 Å². The van der Waals surface area contributed by atoms with Gasteiger partial charge in [-0.1, -0.05) is 42.1 Å². The molecule has 4 nitrogen and oxygen atoms in total. The zero-order valence-electron chi connectivity index (χ0n) is 13.6. The average molecular weight is 334 g/mol. The van der Waals surface area contributed by atoms with Crippen LogP contribution >= 0.6 is 11.8 Å². The Bertz CT molecular complexity index is 884. The molecule has 1 aliphatic rings. The number of thioether (sulfide) groups is 1. The number of hydrogen-bond acceptors (Lipinski definition) is 4. The van der Waals surface area contributed by atoms with Crippen molar-refractivity contribution in [2.45, 2.75) is 19.2 Å². The number of rotatable bonds is 3. The molecule has 0 unspecified atom stereocenters. The van der Waals surface area contributed by atoms with Crippen LogP contribution in [0.1, 0.15) is 27.9 Å². The van der Waals surface area contributed by atoms with Gasteiger partial charge in [0.2, 0.25) is 0 Å². The Hall–Kier alpha value is -2.53. The molecular formula is C19H18N4S. The smallest absolute Gasteiger partial charge is 0.126 e. The second-order valence-electron chi connectivity index (χ2n) is 5.78. The normalized spacial score (nSPS) is 16.8. The Morgan fingerprint density at radius 3 is 2.67 bits per heavy atom. The lowest BCUT2D eigenvalue weighted by atomic mass is 10.2. The highest BCUT2D eigenvalue weighted by Gasteiger charge is 2.26. The van der Waals surface area contributed by atoms with E-state index in [4.69, 9.17) is 0 Å². The van der Waals surface area contributed by atoms with E-state index in [1.165, 1.54) is 17.0 Å². The molecule has 120 valence electrons. The summed E-state index contributed by atoms with van der Waals surface area (Å²) in [5, 5.41) is 5.69. The van der Waals surface area contributed by atoms with E-state index in [2.05, 4.69) is 58.2 Å². The Labute approximate surface area is 145 Å². The standard InChI is InChI=1S/C19H18N4S/c1-13-11-17(14(2)23(13)16-9-6-10-20-12-16)19-22-21-18(24-19)15-7-4-3-5-8-15/h3-12,19,22H,1-2H3/t19-/m0/s1. The zero-order valence-corrected chi connectivity index (χ0v) is 14.4. The van der Waals surface area contributed by atoms with Crippen LogP contribution in [0, 0.1) is 13.8 Å². The number of hydrazone groups is 1. The number of nitrogens with one attached hydrogen (secondary N) is 1. The van der Waals surface area contributed by atoms with Crippen LogP contribution in [0.5, 0.6) is 0 Å². The molecule has 2 aromatic heterocycles. The fraction of sp³-hybridized carbons (Fsp3) is 0.158. The molecule has 0 aliphatic carbocycles. The van der Waals surface area contributed by atoms with Gasteiger partial charge in [0.25, 0.3) is 0 Å². The summed E-state index contributed by atoms with van der Waals surface area (Å²) in [6.07, 6.45) is 3.69. The molecule has 1 N–H and O–H groups in total. The summed E-state index contributed by atoms with van der Waals surface area (Å²) in [4.78, 5) is 4.24. The minimum absolute atomic E-state index is 0.136. The van der Waals surface area contributed by atoms with Crippen molar-refractivity contribution < 1.29 is 0 Å². The first-order valence-electron chi connectivity index (χ1n) is 7.88. The first-order chi connectivity index (χ1) is 11.7. The van der Waals surface area contributed by atoms with Gasteiger partial charge >= 0.3 is 0 Å². The number of pyridine rings is 1. The molecular weight excluding hydrogens is 316 g/mol. The molecule has 4 rings (SSSR count). The number of benzene rings is 1. The number of nitrogens with zero attached hydrogens (tertiary/aromatic N) is 3. The number of aromatic nitrogens is 2. The molecule has 0 amide bonds.